The molecule has 3 N–H and O–H groups in total. The molecule has 0 aromatic heterocycles. The fraction of sp³-hybridized carbons (Fsp3) is 0.611. The highest BCUT2D eigenvalue weighted by molar-refractivity contribution is 5.79. The van der Waals surface area contributed by atoms with Crippen molar-refractivity contribution in [2.45, 2.75) is 59.5 Å². The van der Waals surface area contributed by atoms with Gasteiger partial charge in [-0.05, 0) is 36.5 Å². The molecule has 1 aromatic rings. The zero-order chi connectivity index (χ0) is 16.8. The van der Waals surface area contributed by atoms with E-state index in [1.54, 1.807) is 0 Å². The third-order valence-corrected chi connectivity index (χ3v) is 4.08. The van der Waals surface area contributed by atoms with Gasteiger partial charge in [-0.15, -0.1) is 0 Å². The van der Waals surface area contributed by atoms with Crippen molar-refractivity contribution in [1.29, 1.82) is 0 Å². The first-order valence-electron chi connectivity index (χ1n) is 8.02. The number of rotatable bonds is 7. The largest absolute Gasteiger partial charge is 0.394 e. The summed E-state index contributed by atoms with van der Waals surface area (Å²) < 4.78 is 0. The van der Waals surface area contributed by atoms with E-state index < -0.39 is 0 Å². The lowest BCUT2D eigenvalue weighted by molar-refractivity contribution is -0.121. The van der Waals surface area contributed by atoms with Crippen LogP contribution < -0.4 is 10.6 Å². The van der Waals surface area contributed by atoms with E-state index in [4.69, 9.17) is 5.11 Å². The highest BCUT2D eigenvalue weighted by Gasteiger charge is 2.19. The summed E-state index contributed by atoms with van der Waals surface area (Å²) in [6.07, 6.45) is 1.07. The van der Waals surface area contributed by atoms with Gasteiger partial charge in [0.05, 0.1) is 19.1 Å². The van der Waals surface area contributed by atoms with Gasteiger partial charge in [0, 0.05) is 11.7 Å². The lowest BCUT2D eigenvalue weighted by Crippen LogP contribution is -2.37. The highest BCUT2D eigenvalue weighted by atomic mass is 16.3. The quantitative estimate of drug-likeness (QED) is 0.726. The van der Waals surface area contributed by atoms with Crippen LogP contribution in [0.5, 0.6) is 0 Å². The maximum Gasteiger partial charge on any atom is 0.224 e. The molecule has 0 fully saturated rings. The van der Waals surface area contributed by atoms with Gasteiger partial charge < -0.3 is 15.7 Å². The number of benzene rings is 1. The summed E-state index contributed by atoms with van der Waals surface area (Å²) in [7, 11) is 0. The molecule has 0 saturated carbocycles. The summed E-state index contributed by atoms with van der Waals surface area (Å²) in [6, 6.07) is 8.16. The van der Waals surface area contributed by atoms with E-state index in [2.05, 4.69) is 38.3 Å². The lowest BCUT2D eigenvalue weighted by atomic mass is 9.88. The molecule has 1 rings (SSSR count). The Balaban J connectivity index is 2.56. The maximum absolute atomic E-state index is 11.9. The van der Waals surface area contributed by atoms with Crippen LogP contribution in [-0.4, -0.2) is 29.7 Å². The van der Waals surface area contributed by atoms with Crippen molar-refractivity contribution in [2.75, 3.05) is 11.9 Å². The van der Waals surface area contributed by atoms with Gasteiger partial charge >= 0.3 is 0 Å². The van der Waals surface area contributed by atoms with E-state index >= 15 is 0 Å². The minimum atomic E-state index is -0.152. The van der Waals surface area contributed by atoms with Crippen LogP contribution in [0.1, 0.15) is 46.6 Å². The summed E-state index contributed by atoms with van der Waals surface area (Å²) >= 11 is 0. The highest BCUT2D eigenvalue weighted by Crippen LogP contribution is 2.23. The minimum Gasteiger partial charge on any atom is -0.394 e. The monoisotopic (exact) mass is 306 g/mol. The second kappa shape index (κ2) is 8.18. The molecule has 124 valence electrons. The summed E-state index contributed by atoms with van der Waals surface area (Å²) in [4.78, 5) is 11.9. The third-order valence-electron chi connectivity index (χ3n) is 4.08. The van der Waals surface area contributed by atoms with Crippen molar-refractivity contribution in [2.24, 2.45) is 5.41 Å². The maximum atomic E-state index is 11.9. The number of nitrogens with one attached hydrogen (secondary N) is 2. The van der Waals surface area contributed by atoms with Crippen molar-refractivity contribution in [3.05, 3.63) is 29.8 Å². The topological polar surface area (TPSA) is 61.4 Å². The molecule has 0 aliphatic rings. The van der Waals surface area contributed by atoms with Gasteiger partial charge in [0.15, 0.2) is 0 Å². The molecule has 0 spiro atoms. The average molecular weight is 306 g/mol. The number of hydrogen-bond donors (Lipinski definition) is 3. The number of carbonyl (C=O) groups excluding carboxylic acids is 1. The third kappa shape index (κ3) is 6.06. The van der Waals surface area contributed by atoms with Crippen LogP contribution in [0.2, 0.25) is 0 Å². The Morgan fingerprint density at radius 1 is 1.23 bits per heavy atom. The van der Waals surface area contributed by atoms with Crippen LogP contribution in [0.4, 0.5) is 5.69 Å². The molecule has 1 amide bonds. The van der Waals surface area contributed by atoms with Gasteiger partial charge in [-0.25, -0.2) is 0 Å². The summed E-state index contributed by atoms with van der Waals surface area (Å²) in [5.41, 5.74) is 2.23. The van der Waals surface area contributed by atoms with Crippen molar-refractivity contribution in [3.63, 3.8) is 0 Å². The molecule has 0 aliphatic carbocycles. The fourth-order valence-corrected chi connectivity index (χ4v) is 1.93. The Hall–Kier alpha value is -1.55. The van der Waals surface area contributed by atoms with Crippen LogP contribution in [0.3, 0.4) is 0 Å². The van der Waals surface area contributed by atoms with Gasteiger partial charge in [-0.2, -0.15) is 0 Å². The molecule has 4 heteroatoms. The molecule has 0 heterocycles. The predicted molar refractivity (Wildman–Crippen MR) is 92.0 cm³/mol. The Morgan fingerprint density at radius 3 is 2.27 bits per heavy atom. The second-order valence-electron chi connectivity index (χ2n) is 6.96. The van der Waals surface area contributed by atoms with Gasteiger partial charge in [-0.1, -0.05) is 39.8 Å². The molecule has 0 aliphatic heterocycles. The zero-order valence-corrected chi connectivity index (χ0v) is 14.4. The smallest absolute Gasteiger partial charge is 0.224 e. The first-order chi connectivity index (χ1) is 10.3. The van der Waals surface area contributed by atoms with Crippen molar-refractivity contribution in [1.82, 2.24) is 5.32 Å². The van der Waals surface area contributed by atoms with Gasteiger partial charge in [0.1, 0.15) is 0 Å². The van der Waals surface area contributed by atoms with E-state index in [1.165, 1.54) is 0 Å². The van der Waals surface area contributed by atoms with E-state index in [9.17, 15) is 4.79 Å². The van der Waals surface area contributed by atoms with E-state index in [0.29, 0.717) is 12.5 Å². The number of hydrogen-bond acceptors (Lipinski definition) is 3. The molecule has 22 heavy (non-hydrogen) atoms. The lowest BCUT2D eigenvalue weighted by Gasteiger charge is -2.29. The van der Waals surface area contributed by atoms with Crippen LogP contribution in [0, 0.1) is 5.41 Å². The molecular weight excluding hydrogens is 276 g/mol. The summed E-state index contributed by atoms with van der Waals surface area (Å²) in [5, 5.41) is 15.4. The van der Waals surface area contributed by atoms with Crippen molar-refractivity contribution < 1.29 is 9.90 Å². The molecule has 0 radical (unpaired) electrons. The first kappa shape index (κ1) is 18.5. The van der Waals surface area contributed by atoms with Gasteiger partial charge in [0.25, 0.3) is 0 Å². The standard InChI is InChI=1S/C18H30N2O2/c1-6-15(12-21)20-17(22)11-14-7-9-16(10-8-14)19-13(2)18(3,4)5/h7-10,13,15,19,21H,6,11-12H2,1-5H3,(H,20,22). The normalized spacial score (nSPS) is 14.3. The van der Waals surface area contributed by atoms with E-state index in [-0.39, 0.29) is 24.0 Å². The molecule has 0 saturated heterocycles. The predicted octanol–water partition coefficient (Wildman–Crippen LogP) is 2.96. The Morgan fingerprint density at radius 2 is 1.82 bits per heavy atom. The summed E-state index contributed by atoms with van der Waals surface area (Å²) in [6.45, 7) is 10.7. The van der Waals surface area contributed by atoms with Crippen LogP contribution >= 0.6 is 0 Å². The van der Waals surface area contributed by atoms with Gasteiger partial charge in [-0.3, -0.25) is 4.79 Å². The molecule has 1 aromatic carbocycles. The number of amides is 1. The SMILES string of the molecule is CCC(CO)NC(=O)Cc1ccc(NC(C)C(C)(C)C)cc1. The van der Waals surface area contributed by atoms with Crippen LogP contribution in [0.15, 0.2) is 24.3 Å². The van der Waals surface area contributed by atoms with Crippen molar-refractivity contribution in [3.8, 4) is 0 Å². The first-order valence-corrected chi connectivity index (χ1v) is 8.02. The second-order valence-corrected chi connectivity index (χ2v) is 6.96. The van der Waals surface area contributed by atoms with Crippen molar-refractivity contribution >= 4 is 11.6 Å². The Kier molecular flexibility index (Phi) is 6.88. The molecule has 2 unspecified atom stereocenters. The number of carbonyl (C=O) groups is 1. The number of aliphatic hydroxyl groups excluding tert-OH is 1. The van der Waals surface area contributed by atoms with Crippen LogP contribution in [-0.2, 0) is 11.2 Å². The zero-order valence-electron chi connectivity index (χ0n) is 14.4. The van der Waals surface area contributed by atoms with Crippen LogP contribution in [0.25, 0.3) is 0 Å². The molecule has 0 bridgehead atoms. The molecule has 2 atom stereocenters. The number of aliphatic hydroxyl groups is 1. The molecular formula is C18H30N2O2. The average Bonchev–Trinajstić information content (AvgIpc) is 2.45. The number of anilines is 1. The van der Waals surface area contributed by atoms with E-state index in [0.717, 1.165) is 17.7 Å². The summed E-state index contributed by atoms with van der Waals surface area (Å²) in [5.74, 6) is -0.0512. The Bertz CT molecular complexity index is 459. The molecule has 4 nitrogen and oxygen atoms in total. The fourth-order valence-electron chi connectivity index (χ4n) is 1.93. The Labute approximate surface area is 134 Å². The van der Waals surface area contributed by atoms with E-state index in [1.807, 2.05) is 31.2 Å². The van der Waals surface area contributed by atoms with Gasteiger partial charge in [0.2, 0.25) is 5.91 Å². The minimum absolute atomic E-state index is 0.0181.